The van der Waals surface area contributed by atoms with Gasteiger partial charge in [-0.2, -0.15) is 0 Å². The molecule has 2 N–H and O–H groups in total. The van der Waals surface area contributed by atoms with Gasteiger partial charge in [0, 0.05) is 6.07 Å². The number of ether oxygens (including phenoxy) is 1. The number of hydrogen-bond acceptors (Lipinski definition) is 3. The predicted molar refractivity (Wildman–Crippen MR) is 52.5 cm³/mol. The van der Waals surface area contributed by atoms with Crippen molar-refractivity contribution in [2.24, 2.45) is 5.73 Å². The summed E-state index contributed by atoms with van der Waals surface area (Å²) < 4.78 is 4.99. The van der Waals surface area contributed by atoms with Crippen molar-refractivity contribution in [1.82, 2.24) is 4.98 Å². The van der Waals surface area contributed by atoms with Crippen molar-refractivity contribution in [3.8, 4) is 5.88 Å². The standard InChI is InChI=1S/C10H14N2O/c1-3-5-8(11)9-6-4-7-10(12-9)13-2/h3-4,6-8H,1,5,11H2,2H3. The summed E-state index contributed by atoms with van der Waals surface area (Å²) in [6.45, 7) is 3.63. The van der Waals surface area contributed by atoms with E-state index in [4.69, 9.17) is 10.5 Å². The van der Waals surface area contributed by atoms with E-state index in [0.717, 1.165) is 12.1 Å². The molecule has 0 aliphatic heterocycles. The van der Waals surface area contributed by atoms with E-state index in [9.17, 15) is 0 Å². The van der Waals surface area contributed by atoms with Gasteiger partial charge in [-0.25, -0.2) is 4.98 Å². The highest BCUT2D eigenvalue weighted by atomic mass is 16.5. The number of hydrogen-bond donors (Lipinski definition) is 1. The van der Waals surface area contributed by atoms with Crippen molar-refractivity contribution >= 4 is 0 Å². The maximum atomic E-state index is 5.84. The van der Waals surface area contributed by atoms with Crippen LogP contribution in [0.5, 0.6) is 5.88 Å². The number of nitrogens with two attached hydrogens (primary N) is 1. The molecule has 1 aromatic heterocycles. The number of aromatic nitrogens is 1. The quantitative estimate of drug-likeness (QED) is 0.713. The fraction of sp³-hybridized carbons (Fsp3) is 0.300. The summed E-state index contributed by atoms with van der Waals surface area (Å²) in [5.74, 6) is 0.594. The van der Waals surface area contributed by atoms with Gasteiger partial charge in [-0.3, -0.25) is 0 Å². The molecule has 0 saturated carbocycles. The minimum absolute atomic E-state index is 0.0902. The summed E-state index contributed by atoms with van der Waals surface area (Å²) >= 11 is 0. The molecule has 0 fully saturated rings. The molecule has 3 nitrogen and oxygen atoms in total. The zero-order valence-corrected chi connectivity index (χ0v) is 7.73. The third kappa shape index (κ3) is 2.56. The van der Waals surface area contributed by atoms with Crippen LogP contribution in [0.3, 0.4) is 0 Å². The molecule has 1 rings (SSSR count). The van der Waals surface area contributed by atoms with Crippen molar-refractivity contribution < 1.29 is 4.74 Å². The summed E-state index contributed by atoms with van der Waals surface area (Å²) in [5, 5.41) is 0. The molecule has 0 radical (unpaired) electrons. The molecule has 0 spiro atoms. The normalized spacial score (nSPS) is 12.2. The number of pyridine rings is 1. The van der Waals surface area contributed by atoms with E-state index in [2.05, 4.69) is 11.6 Å². The molecule has 0 bridgehead atoms. The Balaban J connectivity index is 2.81. The lowest BCUT2D eigenvalue weighted by molar-refractivity contribution is 0.395. The maximum Gasteiger partial charge on any atom is 0.213 e. The van der Waals surface area contributed by atoms with Gasteiger partial charge in [0.1, 0.15) is 0 Å². The van der Waals surface area contributed by atoms with Gasteiger partial charge in [-0.15, -0.1) is 6.58 Å². The van der Waals surface area contributed by atoms with Gasteiger partial charge < -0.3 is 10.5 Å². The first-order valence-corrected chi connectivity index (χ1v) is 4.15. The molecule has 0 aromatic carbocycles. The molecule has 1 aromatic rings. The van der Waals surface area contributed by atoms with Crippen LogP contribution in [-0.4, -0.2) is 12.1 Å². The fourth-order valence-corrected chi connectivity index (χ4v) is 1.05. The van der Waals surface area contributed by atoms with Crippen LogP contribution < -0.4 is 10.5 Å². The summed E-state index contributed by atoms with van der Waals surface area (Å²) in [7, 11) is 1.59. The Bertz CT molecular complexity index is 286. The molecular weight excluding hydrogens is 164 g/mol. The van der Waals surface area contributed by atoms with E-state index < -0.39 is 0 Å². The second-order valence-corrected chi connectivity index (χ2v) is 2.74. The van der Waals surface area contributed by atoms with Crippen molar-refractivity contribution in [2.45, 2.75) is 12.5 Å². The minimum atomic E-state index is -0.0902. The SMILES string of the molecule is C=CCC(N)c1cccc(OC)n1. The van der Waals surface area contributed by atoms with Crippen LogP contribution in [0.4, 0.5) is 0 Å². The molecule has 13 heavy (non-hydrogen) atoms. The van der Waals surface area contributed by atoms with E-state index in [1.165, 1.54) is 0 Å². The van der Waals surface area contributed by atoms with Crippen molar-refractivity contribution in [3.05, 3.63) is 36.5 Å². The molecule has 1 atom stereocenters. The Morgan fingerprint density at radius 1 is 1.69 bits per heavy atom. The number of rotatable bonds is 4. The zero-order valence-electron chi connectivity index (χ0n) is 7.73. The lowest BCUT2D eigenvalue weighted by Crippen LogP contribution is -2.11. The average molecular weight is 178 g/mol. The zero-order chi connectivity index (χ0) is 9.68. The highest BCUT2D eigenvalue weighted by molar-refractivity contribution is 5.18. The number of nitrogens with zero attached hydrogens (tertiary/aromatic N) is 1. The second kappa shape index (κ2) is 4.62. The second-order valence-electron chi connectivity index (χ2n) is 2.74. The summed E-state index contributed by atoms with van der Waals surface area (Å²) in [6.07, 6.45) is 2.51. The smallest absolute Gasteiger partial charge is 0.213 e. The van der Waals surface area contributed by atoms with Crippen LogP contribution in [0.2, 0.25) is 0 Å². The summed E-state index contributed by atoms with van der Waals surface area (Å²) in [6, 6.07) is 5.47. The van der Waals surface area contributed by atoms with Crippen molar-refractivity contribution in [3.63, 3.8) is 0 Å². The van der Waals surface area contributed by atoms with Crippen molar-refractivity contribution in [1.29, 1.82) is 0 Å². The molecule has 3 heteroatoms. The highest BCUT2D eigenvalue weighted by Crippen LogP contribution is 2.14. The van der Waals surface area contributed by atoms with Crippen LogP contribution in [0.15, 0.2) is 30.9 Å². The largest absolute Gasteiger partial charge is 0.481 e. The molecule has 70 valence electrons. The van der Waals surface area contributed by atoms with E-state index in [-0.39, 0.29) is 6.04 Å². The molecular formula is C10H14N2O. The first-order valence-electron chi connectivity index (χ1n) is 4.15. The molecule has 0 saturated heterocycles. The van der Waals surface area contributed by atoms with Gasteiger partial charge in [-0.1, -0.05) is 12.1 Å². The Labute approximate surface area is 78.2 Å². The predicted octanol–water partition coefficient (Wildman–Crippen LogP) is 1.67. The fourth-order valence-electron chi connectivity index (χ4n) is 1.05. The topological polar surface area (TPSA) is 48.1 Å². The lowest BCUT2D eigenvalue weighted by Gasteiger charge is -2.08. The minimum Gasteiger partial charge on any atom is -0.481 e. The summed E-state index contributed by atoms with van der Waals surface area (Å²) in [4.78, 5) is 4.21. The molecule has 0 amide bonds. The lowest BCUT2D eigenvalue weighted by atomic mass is 10.1. The highest BCUT2D eigenvalue weighted by Gasteiger charge is 2.05. The number of methoxy groups -OCH3 is 1. The van der Waals surface area contributed by atoms with E-state index in [1.54, 1.807) is 19.3 Å². The third-order valence-electron chi connectivity index (χ3n) is 1.75. The molecule has 1 unspecified atom stereocenters. The third-order valence-corrected chi connectivity index (χ3v) is 1.75. The first-order chi connectivity index (χ1) is 6.27. The molecule has 1 heterocycles. The summed E-state index contributed by atoms with van der Waals surface area (Å²) in [5.41, 5.74) is 6.67. The molecule has 0 aliphatic carbocycles. The van der Waals surface area contributed by atoms with Gasteiger partial charge in [-0.05, 0) is 12.5 Å². The van der Waals surface area contributed by atoms with Gasteiger partial charge in [0.05, 0.1) is 18.8 Å². The van der Waals surface area contributed by atoms with Crippen LogP contribution in [0.1, 0.15) is 18.2 Å². The van der Waals surface area contributed by atoms with Crippen LogP contribution in [0.25, 0.3) is 0 Å². The van der Waals surface area contributed by atoms with E-state index in [1.807, 2.05) is 12.1 Å². The Morgan fingerprint density at radius 2 is 2.46 bits per heavy atom. The maximum absolute atomic E-state index is 5.84. The van der Waals surface area contributed by atoms with Gasteiger partial charge in [0.25, 0.3) is 0 Å². The van der Waals surface area contributed by atoms with Crippen LogP contribution in [-0.2, 0) is 0 Å². The molecule has 0 aliphatic rings. The average Bonchev–Trinajstić information content (AvgIpc) is 2.18. The first kappa shape index (κ1) is 9.74. The van der Waals surface area contributed by atoms with E-state index >= 15 is 0 Å². The van der Waals surface area contributed by atoms with Crippen LogP contribution >= 0.6 is 0 Å². The Kier molecular flexibility index (Phi) is 3.46. The van der Waals surface area contributed by atoms with Crippen molar-refractivity contribution in [2.75, 3.05) is 7.11 Å². The van der Waals surface area contributed by atoms with Gasteiger partial charge in [0.15, 0.2) is 0 Å². The Morgan fingerprint density at radius 3 is 3.08 bits per heavy atom. The van der Waals surface area contributed by atoms with Gasteiger partial charge in [0.2, 0.25) is 5.88 Å². The Hall–Kier alpha value is -1.35. The van der Waals surface area contributed by atoms with E-state index in [0.29, 0.717) is 5.88 Å². The van der Waals surface area contributed by atoms with Crippen LogP contribution in [0, 0.1) is 0 Å². The van der Waals surface area contributed by atoms with Gasteiger partial charge >= 0.3 is 0 Å². The monoisotopic (exact) mass is 178 g/mol.